The van der Waals surface area contributed by atoms with Gasteiger partial charge < -0.3 is 10.2 Å². The van der Waals surface area contributed by atoms with E-state index in [1.807, 2.05) is 0 Å². The SMILES string of the molecule is CCN(CC1CCCNC1)c1ncnc2c1CCCCC2. The molecule has 116 valence electrons. The molecular formula is C17H28N4. The Morgan fingerprint density at radius 1 is 1.19 bits per heavy atom. The molecule has 0 aromatic carbocycles. The van der Waals surface area contributed by atoms with Crippen molar-refractivity contribution in [1.29, 1.82) is 0 Å². The molecule has 2 aliphatic rings. The highest BCUT2D eigenvalue weighted by molar-refractivity contribution is 5.49. The minimum Gasteiger partial charge on any atom is -0.356 e. The number of rotatable bonds is 4. The van der Waals surface area contributed by atoms with E-state index in [4.69, 9.17) is 0 Å². The summed E-state index contributed by atoms with van der Waals surface area (Å²) < 4.78 is 0. The molecule has 2 heterocycles. The predicted octanol–water partition coefficient (Wildman–Crippen LogP) is 2.57. The lowest BCUT2D eigenvalue weighted by Gasteiger charge is -2.31. The number of piperidine rings is 1. The van der Waals surface area contributed by atoms with E-state index in [0.29, 0.717) is 0 Å². The molecule has 3 rings (SSSR count). The molecule has 1 N–H and O–H groups in total. The van der Waals surface area contributed by atoms with Crippen molar-refractivity contribution in [1.82, 2.24) is 15.3 Å². The lowest BCUT2D eigenvalue weighted by Crippen LogP contribution is -2.39. The topological polar surface area (TPSA) is 41.0 Å². The highest BCUT2D eigenvalue weighted by Gasteiger charge is 2.21. The zero-order valence-corrected chi connectivity index (χ0v) is 13.3. The van der Waals surface area contributed by atoms with Gasteiger partial charge in [-0.15, -0.1) is 0 Å². The van der Waals surface area contributed by atoms with E-state index in [0.717, 1.165) is 38.4 Å². The second-order valence-electron chi connectivity index (χ2n) is 6.43. The summed E-state index contributed by atoms with van der Waals surface area (Å²) in [6.45, 7) is 6.77. The van der Waals surface area contributed by atoms with Crippen molar-refractivity contribution in [3.63, 3.8) is 0 Å². The number of fused-ring (bicyclic) bond motifs is 1. The normalized spacial score (nSPS) is 22.4. The number of anilines is 1. The van der Waals surface area contributed by atoms with Crippen LogP contribution in [0.3, 0.4) is 0 Å². The molecule has 0 spiro atoms. The van der Waals surface area contributed by atoms with Crippen LogP contribution in [0.15, 0.2) is 6.33 Å². The van der Waals surface area contributed by atoms with Crippen LogP contribution in [0.5, 0.6) is 0 Å². The summed E-state index contributed by atoms with van der Waals surface area (Å²) in [7, 11) is 0. The van der Waals surface area contributed by atoms with Crippen LogP contribution in [0, 0.1) is 5.92 Å². The van der Waals surface area contributed by atoms with Gasteiger partial charge in [0.25, 0.3) is 0 Å². The van der Waals surface area contributed by atoms with E-state index in [9.17, 15) is 0 Å². The monoisotopic (exact) mass is 288 g/mol. The van der Waals surface area contributed by atoms with Crippen LogP contribution in [-0.2, 0) is 12.8 Å². The van der Waals surface area contributed by atoms with Crippen LogP contribution < -0.4 is 10.2 Å². The molecule has 0 radical (unpaired) electrons. The van der Waals surface area contributed by atoms with Crippen LogP contribution in [0.25, 0.3) is 0 Å². The van der Waals surface area contributed by atoms with Gasteiger partial charge in [0, 0.05) is 24.3 Å². The highest BCUT2D eigenvalue weighted by atomic mass is 15.2. The van der Waals surface area contributed by atoms with Crippen molar-refractivity contribution in [2.75, 3.05) is 31.1 Å². The fourth-order valence-electron chi connectivity index (χ4n) is 3.71. The van der Waals surface area contributed by atoms with Crippen molar-refractivity contribution in [3.8, 4) is 0 Å². The molecule has 1 aromatic heterocycles. The van der Waals surface area contributed by atoms with E-state index in [-0.39, 0.29) is 0 Å². The Kier molecular flexibility index (Phi) is 5.07. The first-order valence-corrected chi connectivity index (χ1v) is 8.67. The molecule has 1 aliphatic heterocycles. The lowest BCUT2D eigenvalue weighted by atomic mass is 9.98. The number of nitrogens with one attached hydrogen (secondary N) is 1. The van der Waals surface area contributed by atoms with Gasteiger partial charge in [0.15, 0.2) is 0 Å². The zero-order chi connectivity index (χ0) is 14.5. The third-order valence-electron chi connectivity index (χ3n) is 4.91. The Balaban J connectivity index is 1.79. The summed E-state index contributed by atoms with van der Waals surface area (Å²) in [6, 6.07) is 0. The second-order valence-corrected chi connectivity index (χ2v) is 6.43. The Morgan fingerprint density at radius 3 is 2.90 bits per heavy atom. The van der Waals surface area contributed by atoms with Crippen molar-refractivity contribution >= 4 is 5.82 Å². The quantitative estimate of drug-likeness (QED) is 0.865. The first-order valence-electron chi connectivity index (χ1n) is 8.67. The van der Waals surface area contributed by atoms with Gasteiger partial charge in [-0.05, 0) is 64.5 Å². The number of hydrogen-bond acceptors (Lipinski definition) is 4. The molecule has 4 nitrogen and oxygen atoms in total. The average Bonchev–Trinajstić information content (AvgIpc) is 2.79. The number of hydrogen-bond donors (Lipinski definition) is 1. The van der Waals surface area contributed by atoms with Gasteiger partial charge >= 0.3 is 0 Å². The van der Waals surface area contributed by atoms with E-state index < -0.39 is 0 Å². The van der Waals surface area contributed by atoms with Crippen LogP contribution in [0.2, 0.25) is 0 Å². The summed E-state index contributed by atoms with van der Waals surface area (Å²) in [5.41, 5.74) is 2.73. The van der Waals surface area contributed by atoms with E-state index >= 15 is 0 Å². The molecule has 1 atom stereocenters. The third-order valence-corrected chi connectivity index (χ3v) is 4.91. The fourth-order valence-corrected chi connectivity index (χ4v) is 3.71. The van der Waals surface area contributed by atoms with Gasteiger partial charge in [-0.3, -0.25) is 0 Å². The van der Waals surface area contributed by atoms with Crippen LogP contribution >= 0.6 is 0 Å². The van der Waals surface area contributed by atoms with Gasteiger partial charge in [0.1, 0.15) is 12.1 Å². The summed E-state index contributed by atoms with van der Waals surface area (Å²) >= 11 is 0. The second kappa shape index (κ2) is 7.21. The minimum absolute atomic E-state index is 0.759. The maximum absolute atomic E-state index is 4.66. The molecule has 1 aliphatic carbocycles. The van der Waals surface area contributed by atoms with Crippen molar-refractivity contribution in [3.05, 3.63) is 17.6 Å². The van der Waals surface area contributed by atoms with Crippen molar-refractivity contribution in [2.45, 2.75) is 51.9 Å². The minimum atomic E-state index is 0.759. The summed E-state index contributed by atoms with van der Waals surface area (Å²) in [5.74, 6) is 1.98. The maximum atomic E-state index is 4.66. The Labute approximate surface area is 128 Å². The number of aromatic nitrogens is 2. The van der Waals surface area contributed by atoms with Gasteiger partial charge in [-0.1, -0.05) is 6.42 Å². The Morgan fingerprint density at radius 2 is 2.10 bits per heavy atom. The molecule has 0 bridgehead atoms. The molecule has 1 aromatic rings. The molecule has 1 fully saturated rings. The van der Waals surface area contributed by atoms with Crippen molar-refractivity contribution in [2.24, 2.45) is 5.92 Å². The van der Waals surface area contributed by atoms with E-state index in [1.165, 1.54) is 55.7 Å². The molecule has 21 heavy (non-hydrogen) atoms. The standard InChI is InChI=1S/C17H28N4/c1-2-21(12-14-7-6-10-18-11-14)17-15-8-4-3-5-9-16(15)19-13-20-17/h13-14,18H,2-12H2,1H3. The summed E-state index contributed by atoms with van der Waals surface area (Å²) in [6.07, 6.45) is 10.6. The molecule has 1 unspecified atom stereocenters. The largest absolute Gasteiger partial charge is 0.356 e. The smallest absolute Gasteiger partial charge is 0.135 e. The van der Waals surface area contributed by atoms with Crippen LogP contribution in [0.1, 0.15) is 50.3 Å². The number of aryl methyl sites for hydroxylation is 1. The van der Waals surface area contributed by atoms with Gasteiger partial charge in [0.05, 0.1) is 0 Å². The molecule has 0 saturated carbocycles. The molecule has 4 heteroatoms. The van der Waals surface area contributed by atoms with Crippen molar-refractivity contribution < 1.29 is 0 Å². The molecule has 1 saturated heterocycles. The predicted molar refractivity (Wildman–Crippen MR) is 86.8 cm³/mol. The van der Waals surface area contributed by atoms with Gasteiger partial charge in [-0.2, -0.15) is 0 Å². The molecular weight excluding hydrogens is 260 g/mol. The Bertz CT molecular complexity index is 454. The van der Waals surface area contributed by atoms with Crippen LogP contribution in [-0.4, -0.2) is 36.1 Å². The van der Waals surface area contributed by atoms with Gasteiger partial charge in [-0.25, -0.2) is 9.97 Å². The lowest BCUT2D eigenvalue weighted by molar-refractivity contribution is 0.377. The highest BCUT2D eigenvalue weighted by Crippen LogP contribution is 2.27. The van der Waals surface area contributed by atoms with E-state index in [2.05, 4.69) is 27.1 Å². The fraction of sp³-hybridized carbons (Fsp3) is 0.765. The Hall–Kier alpha value is -1.16. The van der Waals surface area contributed by atoms with E-state index in [1.54, 1.807) is 6.33 Å². The third kappa shape index (κ3) is 3.54. The van der Waals surface area contributed by atoms with Crippen LogP contribution in [0.4, 0.5) is 5.82 Å². The number of nitrogens with zero attached hydrogens (tertiary/aromatic N) is 3. The summed E-state index contributed by atoms with van der Waals surface area (Å²) in [5, 5.41) is 3.53. The average molecular weight is 288 g/mol. The summed E-state index contributed by atoms with van der Waals surface area (Å²) in [4.78, 5) is 11.7. The maximum Gasteiger partial charge on any atom is 0.135 e. The van der Waals surface area contributed by atoms with Gasteiger partial charge in [0.2, 0.25) is 0 Å². The molecule has 0 amide bonds. The first kappa shape index (κ1) is 14.8. The first-order chi connectivity index (χ1) is 10.4. The zero-order valence-electron chi connectivity index (χ0n) is 13.3.